The average Bonchev–Trinajstić information content (AvgIpc) is 2.75. The van der Waals surface area contributed by atoms with Crippen LogP contribution in [0, 0.1) is 6.92 Å². The summed E-state index contributed by atoms with van der Waals surface area (Å²) in [6.45, 7) is 3.92. The van der Waals surface area contributed by atoms with Crippen molar-refractivity contribution in [2.45, 2.75) is 25.8 Å². The first-order valence-electron chi connectivity index (χ1n) is 6.74. The number of carbonyl (C=O) groups is 1. The van der Waals surface area contributed by atoms with Crippen LogP contribution in [0.2, 0.25) is 0 Å². The molecule has 0 spiro atoms. The van der Waals surface area contributed by atoms with Crippen LogP contribution in [-0.2, 0) is 0 Å². The van der Waals surface area contributed by atoms with Crippen LogP contribution in [0.4, 0.5) is 5.69 Å². The maximum Gasteiger partial charge on any atom is 0.337 e. The molecular weight excluding hydrogens is 240 g/mol. The molecule has 1 heterocycles. The van der Waals surface area contributed by atoms with Gasteiger partial charge in [-0.3, -0.25) is 0 Å². The van der Waals surface area contributed by atoms with Gasteiger partial charge in [-0.15, -0.1) is 0 Å². The summed E-state index contributed by atoms with van der Waals surface area (Å²) in [5.41, 5.74) is 2.39. The number of aromatic carboxylic acids is 1. The van der Waals surface area contributed by atoms with Crippen LogP contribution >= 0.6 is 0 Å². The van der Waals surface area contributed by atoms with E-state index in [1.54, 1.807) is 6.07 Å². The minimum Gasteiger partial charge on any atom is -0.478 e. The van der Waals surface area contributed by atoms with Gasteiger partial charge in [-0.1, -0.05) is 6.07 Å². The summed E-state index contributed by atoms with van der Waals surface area (Å²) in [5, 5.41) is 9.35. The summed E-state index contributed by atoms with van der Waals surface area (Å²) in [4.78, 5) is 15.8. The first-order valence-corrected chi connectivity index (χ1v) is 6.74. The number of rotatable bonds is 4. The van der Waals surface area contributed by atoms with Gasteiger partial charge in [0, 0.05) is 19.1 Å². The monoisotopic (exact) mass is 262 g/mol. The van der Waals surface area contributed by atoms with E-state index in [4.69, 9.17) is 0 Å². The predicted octanol–water partition coefficient (Wildman–Crippen LogP) is 2.22. The highest BCUT2D eigenvalue weighted by molar-refractivity contribution is 5.94. The summed E-state index contributed by atoms with van der Waals surface area (Å²) in [6.07, 6.45) is 2.26. The van der Waals surface area contributed by atoms with Crippen LogP contribution in [0.15, 0.2) is 18.2 Å². The van der Waals surface area contributed by atoms with Crippen molar-refractivity contribution in [3.63, 3.8) is 0 Å². The summed E-state index contributed by atoms with van der Waals surface area (Å²) in [6, 6.07) is 5.99. The number of carboxylic acid groups (broad SMARTS) is 1. The Bertz CT molecular complexity index is 471. The molecule has 4 heteroatoms. The topological polar surface area (TPSA) is 43.8 Å². The Kier molecular flexibility index (Phi) is 4.10. The Labute approximate surface area is 114 Å². The van der Waals surface area contributed by atoms with Crippen molar-refractivity contribution < 1.29 is 9.90 Å². The molecule has 4 nitrogen and oxygen atoms in total. The zero-order valence-electron chi connectivity index (χ0n) is 11.9. The fourth-order valence-electron chi connectivity index (χ4n) is 2.82. The molecule has 0 amide bonds. The quantitative estimate of drug-likeness (QED) is 0.903. The number of nitrogens with zero attached hydrogens (tertiary/aromatic N) is 2. The fourth-order valence-corrected chi connectivity index (χ4v) is 2.82. The Morgan fingerprint density at radius 2 is 2.21 bits per heavy atom. The fraction of sp³-hybridized carbons (Fsp3) is 0.533. The second-order valence-corrected chi connectivity index (χ2v) is 5.58. The molecule has 1 aliphatic rings. The number of benzene rings is 1. The highest BCUT2D eigenvalue weighted by Crippen LogP contribution is 2.30. The molecule has 0 bridgehead atoms. The van der Waals surface area contributed by atoms with E-state index in [1.807, 2.05) is 19.1 Å². The number of hydrogen-bond donors (Lipinski definition) is 1. The van der Waals surface area contributed by atoms with E-state index in [-0.39, 0.29) is 0 Å². The predicted molar refractivity (Wildman–Crippen MR) is 77.1 cm³/mol. The summed E-state index contributed by atoms with van der Waals surface area (Å²) >= 11 is 0. The molecule has 0 aliphatic carbocycles. The third-order valence-corrected chi connectivity index (χ3v) is 3.65. The third-order valence-electron chi connectivity index (χ3n) is 3.65. The van der Waals surface area contributed by atoms with E-state index in [2.05, 4.69) is 23.9 Å². The van der Waals surface area contributed by atoms with Gasteiger partial charge < -0.3 is 14.9 Å². The van der Waals surface area contributed by atoms with Gasteiger partial charge in [-0.2, -0.15) is 0 Å². The molecule has 0 aromatic heterocycles. The van der Waals surface area contributed by atoms with Crippen LogP contribution in [0.1, 0.15) is 28.8 Å². The molecule has 1 unspecified atom stereocenters. The molecular formula is C15H22N2O2. The van der Waals surface area contributed by atoms with Crippen LogP contribution < -0.4 is 4.90 Å². The Morgan fingerprint density at radius 1 is 1.47 bits per heavy atom. The van der Waals surface area contributed by atoms with Crippen LogP contribution in [0.5, 0.6) is 0 Å². The zero-order valence-corrected chi connectivity index (χ0v) is 11.9. The lowest BCUT2D eigenvalue weighted by Crippen LogP contribution is -2.38. The van der Waals surface area contributed by atoms with Gasteiger partial charge in [0.15, 0.2) is 0 Å². The highest BCUT2D eigenvalue weighted by Gasteiger charge is 2.28. The van der Waals surface area contributed by atoms with Gasteiger partial charge >= 0.3 is 5.97 Å². The van der Waals surface area contributed by atoms with Crippen molar-refractivity contribution in [2.24, 2.45) is 0 Å². The van der Waals surface area contributed by atoms with E-state index >= 15 is 0 Å². The van der Waals surface area contributed by atoms with Crippen LogP contribution in [0.3, 0.4) is 0 Å². The second kappa shape index (κ2) is 5.61. The molecule has 1 atom stereocenters. The van der Waals surface area contributed by atoms with Gasteiger partial charge in [0.05, 0.1) is 11.3 Å². The summed E-state index contributed by atoms with van der Waals surface area (Å²) in [5.74, 6) is -0.842. The lowest BCUT2D eigenvalue weighted by molar-refractivity contribution is 0.0697. The first kappa shape index (κ1) is 13.9. The van der Waals surface area contributed by atoms with E-state index in [0.717, 1.165) is 37.2 Å². The maximum atomic E-state index is 11.4. The number of likely N-dealkylation sites (N-methyl/N-ethyl adjacent to an activating group) is 1. The highest BCUT2D eigenvalue weighted by atomic mass is 16.4. The zero-order chi connectivity index (χ0) is 14.0. The van der Waals surface area contributed by atoms with Crippen molar-refractivity contribution in [1.29, 1.82) is 0 Å². The largest absolute Gasteiger partial charge is 0.478 e. The molecule has 1 fully saturated rings. The standard InChI is InChI=1S/C15H22N2O2/c1-11-6-7-13(15(18)19)14(9-11)17-8-4-5-12(17)10-16(2)3/h6-7,9,12H,4-5,8,10H2,1-3H3,(H,18,19). The molecule has 1 N–H and O–H groups in total. The minimum absolute atomic E-state index is 0.412. The van der Waals surface area contributed by atoms with Gasteiger partial charge in [-0.05, 0) is 51.6 Å². The van der Waals surface area contributed by atoms with E-state index in [0.29, 0.717) is 11.6 Å². The maximum absolute atomic E-state index is 11.4. The van der Waals surface area contributed by atoms with Crippen molar-refractivity contribution in [3.05, 3.63) is 29.3 Å². The Hall–Kier alpha value is -1.55. The summed E-state index contributed by atoms with van der Waals surface area (Å²) < 4.78 is 0. The molecule has 19 heavy (non-hydrogen) atoms. The van der Waals surface area contributed by atoms with Crippen LogP contribution in [0.25, 0.3) is 0 Å². The first-order chi connectivity index (χ1) is 8.99. The number of aryl methyl sites for hydroxylation is 1. The van der Waals surface area contributed by atoms with Crippen molar-refractivity contribution >= 4 is 11.7 Å². The molecule has 1 aromatic carbocycles. The second-order valence-electron chi connectivity index (χ2n) is 5.58. The lowest BCUT2D eigenvalue weighted by Gasteiger charge is -2.30. The van der Waals surface area contributed by atoms with Crippen molar-refractivity contribution in [3.8, 4) is 0 Å². The number of anilines is 1. The van der Waals surface area contributed by atoms with E-state index in [9.17, 15) is 9.90 Å². The Balaban J connectivity index is 2.34. The van der Waals surface area contributed by atoms with Crippen molar-refractivity contribution in [2.75, 3.05) is 32.1 Å². The van der Waals surface area contributed by atoms with Gasteiger partial charge in [0.2, 0.25) is 0 Å². The van der Waals surface area contributed by atoms with Crippen molar-refractivity contribution in [1.82, 2.24) is 4.90 Å². The number of carboxylic acids is 1. The number of hydrogen-bond acceptors (Lipinski definition) is 3. The van der Waals surface area contributed by atoms with E-state index in [1.165, 1.54) is 0 Å². The van der Waals surface area contributed by atoms with E-state index < -0.39 is 5.97 Å². The average molecular weight is 262 g/mol. The van der Waals surface area contributed by atoms with Gasteiger partial charge in [0.1, 0.15) is 0 Å². The molecule has 1 aliphatic heterocycles. The van der Waals surface area contributed by atoms with Gasteiger partial charge in [-0.25, -0.2) is 4.79 Å². The SMILES string of the molecule is Cc1ccc(C(=O)O)c(N2CCCC2CN(C)C)c1. The third kappa shape index (κ3) is 3.07. The molecule has 104 valence electrons. The normalized spacial score (nSPS) is 19.2. The van der Waals surface area contributed by atoms with Crippen LogP contribution in [-0.4, -0.2) is 49.2 Å². The minimum atomic E-state index is -0.842. The molecule has 1 saturated heterocycles. The summed E-state index contributed by atoms with van der Waals surface area (Å²) in [7, 11) is 4.12. The lowest BCUT2D eigenvalue weighted by atomic mass is 10.1. The smallest absolute Gasteiger partial charge is 0.337 e. The molecule has 1 aromatic rings. The molecule has 0 saturated carbocycles. The molecule has 2 rings (SSSR count). The molecule has 0 radical (unpaired) electrons. The Morgan fingerprint density at radius 3 is 2.84 bits per heavy atom. The van der Waals surface area contributed by atoms with Gasteiger partial charge in [0.25, 0.3) is 0 Å².